The van der Waals surface area contributed by atoms with Crippen LogP contribution in [0.4, 0.5) is 11.4 Å². The van der Waals surface area contributed by atoms with Crippen molar-refractivity contribution in [2.24, 2.45) is 0 Å². The molecule has 0 aliphatic carbocycles. The summed E-state index contributed by atoms with van der Waals surface area (Å²) in [6.45, 7) is 3.23. The summed E-state index contributed by atoms with van der Waals surface area (Å²) in [5.41, 5.74) is 0.0239. The van der Waals surface area contributed by atoms with Crippen molar-refractivity contribution in [1.82, 2.24) is 0 Å². The Kier molecular flexibility index (Phi) is 2.66. The van der Waals surface area contributed by atoms with E-state index in [4.69, 9.17) is 0 Å². The number of carbonyl (C=O) groups excluding carboxylic acids is 1. The Morgan fingerprint density at radius 1 is 1.11 bits per heavy atom. The van der Waals surface area contributed by atoms with Crippen LogP contribution in [0.15, 0.2) is 24.3 Å². The zero-order valence-corrected chi connectivity index (χ0v) is 11.7. The molecule has 1 amide bonds. The minimum absolute atomic E-state index is 0.244. The molecule has 1 aliphatic heterocycles. The number of anilines is 2. The molecule has 2 rings (SSSR count). The van der Waals surface area contributed by atoms with Crippen molar-refractivity contribution >= 4 is 27.3 Å². The van der Waals surface area contributed by atoms with Gasteiger partial charge in [0, 0.05) is 7.05 Å². The van der Waals surface area contributed by atoms with Gasteiger partial charge in [0.15, 0.2) is 0 Å². The van der Waals surface area contributed by atoms with Gasteiger partial charge in [-0.2, -0.15) is 0 Å². The largest absolute Gasteiger partial charge is 0.311 e. The second-order valence-electron chi connectivity index (χ2n) is 4.94. The van der Waals surface area contributed by atoms with E-state index in [-0.39, 0.29) is 5.91 Å². The molecule has 0 unspecified atom stereocenters. The average Bonchev–Trinajstić information content (AvgIpc) is 2.24. The van der Waals surface area contributed by atoms with Crippen molar-refractivity contribution in [3.8, 4) is 0 Å². The number of carbonyl (C=O) groups is 1. The van der Waals surface area contributed by atoms with Gasteiger partial charge in [0.25, 0.3) is 5.91 Å². The number of para-hydroxylation sites is 2. The smallest absolute Gasteiger partial charge is 0.253 e. The minimum atomic E-state index is -3.52. The van der Waals surface area contributed by atoms with Gasteiger partial charge < -0.3 is 4.90 Å². The van der Waals surface area contributed by atoms with Gasteiger partial charge in [0.1, 0.15) is 5.54 Å². The second kappa shape index (κ2) is 3.71. The zero-order chi connectivity index (χ0) is 13.7. The molecule has 0 saturated carbocycles. The van der Waals surface area contributed by atoms with Crippen molar-refractivity contribution < 1.29 is 13.2 Å². The molecule has 0 saturated heterocycles. The van der Waals surface area contributed by atoms with Gasteiger partial charge in [-0.1, -0.05) is 12.1 Å². The summed E-state index contributed by atoms with van der Waals surface area (Å²) < 4.78 is 25.1. The van der Waals surface area contributed by atoms with E-state index in [1.54, 1.807) is 45.2 Å². The number of amides is 1. The predicted molar refractivity (Wildman–Crippen MR) is 71.3 cm³/mol. The van der Waals surface area contributed by atoms with Crippen molar-refractivity contribution in [3.63, 3.8) is 0 Å². The van der Waals surface area contributed by atoms with Crippen LogP contribution in [-0.2, 0) is 14.8 Å². The molecule has 0 bridgehead atoms. The van der Waals surface area contributed by atoms with E-state index in [1.807, 2.05) is 0 Å². The van der Waals surface area contributed by atoms with E-state index in [0.717, 1.165) is 6.26 Å². The highest BCUT2D eigenvalue weighted by atomic mass is 32.2. The number of hydrogen-bond donors (Lipinski definition) is 0. The molecule has 5 nitrogen and oxygen atoms in total. The van der Waals surface area contributed by atoms with Crippen molar-refractivity contribution in [2.45, 2.75) is 19.4 Å². The highest BCUT2D eigenvalue weighted by Crippen LogP contribution is 2.40. The Hall–Kier alpha value is -1.56. The summed E-state index contributed by atoms with van der Waals surface area (Å²) in [6, 6.07) is 6.99. The SMILES string of the molecule is CN1C(=O)C(C)(C)N(S(C)(=O)=O)c2ccccc21. The van der Waals surface area contributed by atoms with Crippen molar-refractivity contribution in [2.75, 3.05) is 22.5 Å². The molecule has 0 spiro atoms. The lowest BCUT2D eigenvalue weighted by Gasteiger charge is -2.45. The molecule has 6 heteroatoms. The number of nitrogens with zero attached hydrogens (tertiary/aromatic N) is 2. The first-order chi connectivity index (χ1) is 8.17. The molecule has 98 valence electrons. The number of likely N-dealkylation sites (N-methyl/N-ethyl adjacent to an activating group) is 1. The third-order valence-electron chi connectivity index (χ3n) is 3.13. The first-order valence-corrected chi connectivity index (χ1v) is 7.40. The third-order valence-corrected chi connectivity index (χ3v) is 4.45. The van der Waals surface area contributed by atoms with Crippen LogP contribution in [0.5, 0.6) is 0 Å². The van der Waals surface area contributed by atoms with E-state index in [0.29, 0.717) is 11.4 Å². The standard InChI is InChI=1S/C12H16N2O3S/c1-12(2)11(15)13(3)9-7-5-6-8-10(9)14(12)18(4,16)17/h5-8H,1-4H3. The fourth-order valence-corrected chi connectivity index (χ4v) is 3.84. The maximum atomic E-state index is 12.3. The fraction of sp³-hybridized carbons (Fsp3) is 0.417. The maximum Gasteiger partial charge on any atom is 0.253 e. The molecule has 0 radical (unpaired) electrons. The van der Waals surface area contributed by atoms with Crippen LogP contribution in [0.25, 0.3) is 0 Å². The van der Waals surface area contributed by atoms with Crippen LogP contribution in [-0.4, -0.2) is 33.2 Å². The maximum absolute atomic E-state index is 12.3. The van der Waals surface area contributed by atoms with Crippen LogP contribution in [0.1, 0.15) is 13.8 Å². The van der Waals surface area contributed by atoms with Gasteiger partial charge in [-0.25, -0.2) is 8.42 Å². The molecule has 18 heavy (non-hydrogen) atoms. The second-order valence-corrected chi connectivity index (χ2v) is 6.77. The third kappa shape index (κ3) is 1.68. The molecular formula is C12H16N2O3S. The van der Waals surface area contributed by atoms with Crippen LogP contribution in [0.2, 0.25) is 0 Å². The summed E-state index contributed by atoms with van der Waals surface area (Å²) in [6.07, 6.45) is 1.12. The lowest BCUT2D eigenvalue weighted by atomic mass is 9.98. The summed E-state index contributed by atoms with van der Waals surface area (Å²) in [5, 5.41) is 0. The molecule has 0 N–H and O–H groups in total. The Morgan fingerprint density at radius 3 is 2.11 bits per heavy atom. The number of rotatable bonds is 1. The molecular weight excluding hydrogens is 252 g/mol. The Bertz CT molecular complexity index is 608. The van der Waals surface area contributed by atoms with Crippen molar-refractivity contribution in [3.05, 3.63) is 24.3 Å². The van der Waals surface area contributed by atoms with Crippen LogP contribution in [0, 0.1) is 0 Å². The van der Waals surface area contributed by atoms with Gasteiger partial charge in [0.2, 0.25) is 10.0 Å². The molecule has 1 aromatic carbocycles. The zero-order valence-electron chi connectivity index (χ0n) is 10.8. The molecule has 1 aromatic rings. The lowest BCUT2D eigenvalue weighted by Crippen LogP contribution is -2.60. The highest BCUT2D eigenvalue weighted by Gasteiger charge is 2.47. The monoisotopic (exact) mass is 268 g/mol. The first kappa shape index (κ1) is 12.9. The van der Waals surface area contributed by atoms with Gasteiger partial charge in [-0.3, -0.25) is 9.10 Å². The van der Waals surface area contributed by atoms with Crippen LogP contribution < -0.4 is 9.21 Å². The molecule has 0 atom stereocenters. The van der Waals surface area contributed by atoms with Gasteiger partial charge in [-0.15, -0.1) is 0 Å². The number of benzene rings is 1. The molecule has 1 aliphatic rings. The van der Waals surface area contributed by atoms with Gasteiger partial charge in [-0.05, 0) is 26.0 Å². The van der Waals surface area contributed by atoms with Crippen LogP contribution >= 0.6 is 0 Å². The minimum Gasteiger partial charge on any atom is -0.311 e. The number of fused-ring (bicyclic) bond motifs is 1. The summed E-state index contributed by atoms with van der Waals surface area (Å²) in [4.78, 5) is 13.8. The van der Waals surface area contributed by atoms with E-state index >= 15 is 0 Å². The fourth-order valence-electron chi connectivity index (χ4n) is 2.42. The predicted octanol–water partition coefficient (Wildman–Crippen LogP) is 1.21. The Labute approximate surface area is 107 Å². The summed E-state index contributed by atoms with van der Waals surface area (Å²) in [7, 11) is -1.86. The summed E-state index contributed by atoms with van der Waals surface area (Å²) >= 11 is 0. The molecule has 0 fully saturated rings. The lowest BCUT2D eigenvalue weighted by molar-refractivity contribution is -0.122. The van der Waals surface area contributed by atoms with E-state index in [1.165, 1.54) is 9.21 Å². The molecule has 1 heterocycles. The van der Waals surface area contributed by atoms with Crippen LogP contribution in [0.3, 0.4) is 0 Å². The van der Waals surface area contributed by atoms with E-state index in [9.17, 15) is 13.2 Å². The molecule has 0 aromatic heterocycles. The Morgan fingerprint density at radius 2 is 1.61 bits per heavy atom. The van der Waals surface area contributed by atoms with Gasteiger partial charge >= 0.3 is 0 Å². The van der Waals surface area contributed by atoms with Gasteiger partial charge in [0.05, 0.1) is 17.6 Å². The highest BCUT2D eigenvalue weighted by molar-refractivity contribution is 7.92. The van der Waals surface area contributed by atoms with E-state index in [2.05, 4.69) is 0 Å². The first-order valence-electron chi connectivity index (χ1n) is 5.55. The summed E-state index contributed by atoms with van der Waals surface area (Å²) in [5.74, 6) is -0.244. The number of hydrogen-bond acceptors (Lipinski definition) is 3. The Balaban J connectivity index is 2.79. The van der Waals surface area contributed by atoms with E-state index < -0.39 is 15.6 Å². The number of sulfonamides is 1. The normalized spacial score (nSPS) is 18.8. The topological polar surface area (TPSA) is 57.7 Å². The average molecular weight is 268 g/mol. The van der Waals surface area contributed by atoms with Crippen molar-refractivity contribution in [1.29, 1.82) is 0 Å². The quantitative estimate of drug-likeness (QED) is 0.769.